The Balaban J connectivity index is 1.57. The maximum absolute atomic E-state index is 12.7. The number of piperidine rings is 1. The van der Waals surface area contributed by atoms with Crippen molar-refractivity contribution in [2.24, 2.45) is 16.8 Å². The van der Waals surface area contributed by atoms with Crippen molar-refractivity contribution in [3.05, 3.63) is 0 Å². The van der Waals surface area contributed by atoms with Gasteiger partial charge in [0.1, 0.15) is 0 Å². The number of ether oxygens (including phenoxy) is 1. The summed E-state index contributed by atoms with van der Waals surface area (Å²) in [5.41, 5.74) is 0. The number of aliphatic imine (C=N–C) groups is 1. The van der Waals surface area contributed by atoms with E-state index in [1.807, 2.05) is 0 Å². The van der Waals surface area contributed by atoms with Crippen LogP contribution in [0.4, 0.5) is 0 Å². The van der Waals surface area contributed by atoms with Crippen LogP contribution in [0.5, 0.6) is 0 Å². The van der Waals surface area contributed by atoms with Gasteiger partial charge >= 0.3 is 0 Å². The van der Waals surface area contributed by atoms with E-state index in [0.717, 1.165) is 25.8 Å². The molecule has 0 aromatic carbocycles. The molecule has 1 aliphatic carbocycles. The SMILES string of the molecule is COC1CCC2N=C(S(=O)CC3NCC(C)C(Cl)C3C)NC2C1. The van der Waals surface area contributed by atoms with Gasteiger partial charge in [-0.3, -0.25) is 9.20 Å². The molecule has 0 aromatic rings. The summed E-state index contributed by atoms with van der Waals surface area (Å²) in [7, 11) is 0.671. The van der Waals surface area contributed by atoms with Crippen molar-refractivity contribution >= 4 is 27.6 Å². The smallest absolute Gasteiger partial charge is 0.188 e. The Bertz CT molecular complexity index is 490. The van der Waals surface area contributed by atoms with Crippen LogP contribution in [0.1, 0.15) is 33.1 Å². The van der Waals surface area contributed by atoms with E-state index in [2.05, 4.69) is 24.5 Å². The molecule has 1 saturated heterocycles. The van der Waals surface area contributed by atoms with E-state index in [1.54, 1.807) is 7.11 Å². The number of amidine groups is 1. The van der Waals surface area contributed by atoms with E-state index in [1.165, 1.54) is 0 Å². The van der Waals surface area contributed by atoms with Crippen molar-refractivity contribution in [2.75, 3.05) is 19.4 Å². The number of hydrogen-bond acceptors (Lipinski definition) is 5. The maximum Gasteiger partial charge on any atom is 0.188 e. The normalized spacial score (nSPS) is 45.0. The standard InChI is InChI=1S/C16H28ClN3O2S/c1-9-7-18-14(10(2)15(9)17)8-23(21)16-19-12-5-4-11(22-3)6-13(12)20-16/h9-15,18H,4-8H2,1-3H3,(H,19,20). The van der Waals surface area contributed by atoms with Crippen molar-refractivity contribution in [1.29, 1.82) is 0 Å². The lowest BCUT2D eigenvalue weighted by molar-refractivity contribution is 0.0588. The molecule has 8 unspecified atom stereocenters. The van der Waals surface area contributed by atoms with Gasteiger partial charge in [-0.15, -0.1) is 11.6 Å². The summed E-state index contributed by atoms with van der Waals surface area (Å²) in [6.45, 7) is 5.20. The van der Waals surface area contributed by atoms with Crippen LogP contribution >= 0.6 is 11.6 Å². The van der Waals surface area contributed by atoms with Crippen LogP contribution in [0.2, 0.25) is 0 Å². The molecule has 0 radical (unpaired) electrons. The minimum atomic E-state index is -1.09. The Kier molecular flexibility index (Phi) is 5.66. The molecule has 0 bridgehead atoms. The van der Waals surface area contributed by atoms with Crippen LogP contribution in [0.25, 0.3) is 0 Å². The summed E-state index contributed by atoms with van der Waals surface area (Å²) < 4.78 is 18.2. The molecule has 0 amide bonds. The van der Waals surface area contributed by atoms with Crippen molar-refractivity contribution in [3.63, 3.8) is 0 Å². The molecule has 0 spiro atoms. The van der Waals surface area contributed by atoms with Crippen LogP contribution in [0.15, 0.2) is 4.99 Å². The highest BCUT2D eigenvalue weighted by Gasteiger charge is 2.39. The number of nitrogens with one attached hydrogen (secondary N) is 2. The van der Waals surface area contributed by atoms with Gasteiger partial charge in [-0.2, -0.15) is 0 Å². The molecule has 1 saturated carbocycles. The van der Waals surface area contributed by atoms with Crippen LogP contribution in [0, 0.1) is 11.8 Å². The first-order valence-corrected chi connectivity index (χ1v) is 10.4. The van der Waals surface area contributed by atoms with E-state index in [4.69, 9.17) is 21.3 Å². The lowest BCUT2D eigenvalue weighted by Crippen LogP contribution is -2.53. The molecule has 3 rings (SSSR count). The number of fused-ring (bicyclic) bond motifs is 1. The molecule has 2 fully saturated rings. The van der Waals surface area contributed by atoms with E-state index >= 15 is 0 Å². The molecule has 3 aliphatic rings. The first-order valence-electron chi connectivity index (χ1n) is 8.62. The molecule has 8 atom stereocenters. The number of methoxy groups -OCH3 is 1. The van der Waals surface area contributed by atoms with Gasteiger partial charge in [0, 0.05) is 24.3 Å². The zero-order valence-corrected chi connectivity index (χ0v) is 15.7. The number of halogens is 1. The van der Waals surface area contributed by atoms with Gasteiger partial charge < -0.3 is 15.4 Å². The van der Waals surface area contributed by atoms with Crippen molar-refractivity contribution in [3.8, 4) is 0 Å². The predicted octanol–water partition coefficient (Wildman–Crippen LogP) is 1.48. The van der Waals surface area contributed by atoms with Gasteiger partial charge in [-0.05, 0) is 37.6 Å². The second-order valence-corrected chi connectivity index (χ2v) is 9.15. The number of alkyl halides is 1. The van der Waals surface area contributed by atoms with Crippen molar-refractivity contribution < 1.29 is 8.95 Å². The molecule has 2 heterocycles. The highest BCUT2D eigenvalue weighted by Crippen LogP contribution is 2.29. The highest BCUT2D eigenvalue weighted by atomic mass is 35.5. The molecule has 23 heavy (non-hydrogen) atoms. The van der Waals surface area contributed by atoms with E-state index in [0.29, 0.717) is 28.9 Å². The molecule has 2 N–H and O–H groups in total. The summed E-state index contributed by atoms with van der Waals surface area (Å²) >= 11 is 6.49. The highest BCUT2D eigenvalue weighted by molar-refractivity contribution is 8.00. The van der Waals surface area contributed by atoms with Gasteiger partial charge in [-0.1, -0.05) is 13.8 Å². The van der Waals surface area contributed by atoms with Gasteiger partial charge in [0.2, 0.25) is 0 Å². The van der Waals surface area contributed by atoms with Crippen LogP contribution in [0.3, 0.4) is 0 Å². The molecular formula is C16H28ClN3O2S. The number of rotatable bonds is 3. The second kappa shape index (κ2) is 7.38. The maximum atomic E-state index is 12.7. The van der Waals surface area contributed by atoms with Gasteiger partial charge in [0.25, 0.3) is 0 Å². The average Bonchev–Trinajstić information content (AvgIpc) is 2.98. The Morgan fingerprint density at radius 2 is 2.17 bits per heavy atom. The lowest BCUT2D eigenvalue weighted by atomic mass is 9.87. The monoisotopic (exact) mass is 361 g/mol. The first-order chi connectivity index (χ1) is 11.0. The minimum absolute atomic E-state index is 0.141. The summed E-state index contributed by atoms with van der Waals surface area (Å²) in [4.78, 5) is 4.69. The summed E-state index contributed by atoms with van der Waals surface area (Å²) in [6, 6.07) is 0.733. The zero-order valence-electron chi connectivity index (χ0n) is 14.1. The second-order valence-electron chi connectivity index (χ2n) is 7.23. The molecule has 5 nitrogen and oxygen atoms in total. The van der Waals surface area contributed by atoms with Gasteiger partial charge in [0.05, 0.1) is 29.0 Å². The van der Waals surface area contributed by atoms with Gasteiger partial charge in [-0.25, -0.2) is 0 Å². The van der Waals surface area contributed by atoms with E-state index in [-0.39, 0.29) is 23.5 Å². The summed E-state index contributed by atoms with van der Waals surface area (Å²) in [5.74, 6) is 1.34. The minimum Gasteiger partial charge on any atom is -0.381 e. The Morgan fingerprint density at radius 1 is 1.39 bits per heavy atom. The largest absolute Gasteiger partial charge is 0.381 e. The Hall–Kier alpha value is -0.170. The fourth-order valence-electron chi connectivity index (χ4n) is 3.94. The lowest BCUT2D eigenvalue weighted by Gasteiger charge is -2.37. The van der Waals surface area contributed by atoms with Crippen molar-refractivity contribution in [1.82, 2.24) is 10.6 Å². The van der Waals surface area contributed by atoms with Gasteiger partial charge in [0.15, 0.2) is 5.17 Å². The topological polar surface area (TPSA) is 62.7 Å². The molecule has 0 aromatic heterocycles. The van der Waals surface area contributed by atoms with Crippen molar-refractivity contribution in [2.45, 2.75) is 62.7 Å². The fraction of sp³-hybridized carbons (Fsp3) is 0.938. The molecule has 132 valence electrons. The molecular weight excluding hydrogens is 334 g/mol. The first kappa shape index (κ1) is 17.6. The third-order valence-electron chi connectivity index (χ3n) is 5.62. The van der Waals surface area contributed by atoms with E-state index < -0.39 is 10.8 Å². The van der Waals surface area contributed by atoms with Crippen LogP contribution in [-0.4, -0.2) is 58.4 Å². The number of nitrogens with zero attached hydrogens (tertiary/aromatic N) is 1. The zero-order chi connectivity index (χ0) is 16.6. The quantitative estimate of drug-likeness (QED) is 0.747. The Morgan fingerprint density at radius 3 is 2.91 bits per heavy atom. The van der Waals surface area contributed by atoms with Crippen LogP contribution < -0.4 is 10.6 Å². The molecule has 2 aliphatic heterocycles. The van der Waals surface area contributed by atoms with E-state index in [9.17, 15) is 4.21 Å². The third-order valence-corrected chi connectivity index (χ3v) is 7.76. The number of hydrogen-bond donors (Lipinski definition) is 2. The summed E-state index contributed by atoms with van der Waals surface area (Å²) in [6.07, 6.45) is 3.29. The third kappa shape index (κ3) is 3.75. The van der Waals surface area contributed by atoms with Crippen LogP contribution in [-0.2, 0) is 15.5 Å². The average molecular weight is 362 g/mol. The fourth-order valence-corrected chi connectivity index (χ4v) is 5.65. The Labute approximate surface area is 146 Å². The summed E-state index contributed by atoms with van der Waals surface area (Å²) in [5, 5.41) is 7.71. The predicted molar refractivity (Wildman–Crippen MR) is 95.6 cm³/mol. The molecule has 7 heteroatoms.